The third-order valence-corrected chi connectivity index (χ3v) is 18.2. The SMILES string of the molecule is CC/C=C\C/C=C\C/C=C\C/C=C\CCCCCCCCCCCCCCCCCCC(=O)OC(COC(=O)CCCCCCCCCCCCCCCCCCCCCCCCCCCCC/C=C\CCCCCCCCCC)COC(OCC[N+](C)(C)C)C(=O)[O-]. The zero-order valence-corrected chi connectivity index (χ0v) is 62.4. The molecule has 0 heterocycles. The topological polar surface area (TPSA) is 111 Å². The Morgan fingerprint density at radius 2 is 0.613 bits per heavy atom. The quantitative estimate of drug-likeness (QED) is 0.0195. The fraction of sp³-hybridized carbons (Fsp3) is 0.845. The standard InChI is InChI=1S/C84H155NO8/c1-6-8-10-12-14-16-18-20-22-24-26-28-30-32-34-36-37-38-39-40-41-42-43-44-45-47-48-50-52-54-56-58-60-62-64-66-68-70-72-74-81(86)91-78-80(79-92-84(83(88)89)90-77-76-85(3,4)5)93-82(87)75-73-71-69-67-65-63-61-59-57-55-53-51-49-46-35-33-31-29-27-25-23-21-19-17-15-13-11-9-7-2/h9,11,15,17,21,23-24,26-27,29,80,84H,6-8,10,12-14,16,18-20,22,25,28,30-79H2,1-5H3/b11-9-,17-15-,23-21-,26-24-,29-27-. The number of carbonyl (C=O) groups excluding carboxylic acids is 3. The number of hydrogen-bond acceptors (Lipinski definition) is 8. The van der Waals surface area contributed by atoms with Crippen LogP contribution in [-0.2, 0) is 33.3 Å². The van der Waals surface area contributed by atoms with Gasteiger partial charge in [0.25, 0.3) is 0 Å². The molecule has 544 valence electrons. The van der Waals surface area contributed by atoms with Gasteiger partial charge in [-0.15, -0.1) is 0 Å². The number of allylic oxidation sites excluding steroid dienone is 10. The Kier molecular flexibility index (Phi) is 72.4. The lowest BCUT2D eigenvalue weighted by Crippen LogP contribution is -2.44. The first-order chi connectivity index (χ1) is 45.6. The van der Waals surface area contributed by atoms with Gasteiger partial charge in [0.2, 0.25) is 0 Å². The molecule has 0 aromatic rings. The second-order valence-corrected chi connectivity index (χ2v) is 28.7. The van der Waals surface area contributed by atoms with Crippen LogP contribution in [-0.4, -0.2) is 82.3 Å². The fourth-order valence-corrected chi connectivity index (χ4v) is 12.1. The van der Waals surface area contributed by atoms with Crippen LogP contribution >= 0.6 is 0 Å². The van der Waals surface area contributed by atoms with Crippen molar-refractivity contribution in [2.24, 2.45) is 0 Å². The van der Waals surface area contributed by atoms with Crippen molar-refractivity contribution in [1.82, 2.24) is 0 Å². The maximum atomic E-state index is 13.0. The van der Waals surface area contributed by atoms with Gasteiger partial charge in [-0.25, -0.2) is 0 Å². The van der Waals surface area contributed by atoms with Crippen LogP contribution in [0.2, 0.25) is 0 Å². The van der Waals surface area contributed by atoms with Crippen LogP contribution in [0.15, 0.2) is 60.8 Å². The highest BCUT2D eigenvalue weighted by Crippen LogP contribution is 2.20. The van der Waals surface area contributed by atoms with Crippen molar-refractivity contribution in [2.45, 2.75) is 411 Å². The van der Waals surface area contributed by atoms with Gasteiger partial charge in [-0.1, -0.05) is 370 Å². The molecule has 2 unspecified atom stereocenters. The lowest BCUT2D eigenvalue weighted by Gasteiger charge is -2.26. The predicted octanol–water partition coefficient (Wildman–Crippen LogP) is 24.5. The number of esters is 2. The van der Waals surface area contributed by atoms with E-state index in [9.17, 15) is 19.5 Å². The van der Waals surface area contributed by atoms with Gasteiger partial charge in [-0.05, 0) is 77.0 Å². The minimum atomic E-state index is -1.62. The van der Waals surface area contributed by atoms with Crippen LogP contribution in [0.25, 0.3) is 0 Å². The molecule has 0 aromatic carbocycles. The second-order valence-electron chi connectivity index (χ2n) is 28.7. The van der Waals surface area contributed by atoms with Gasteiger partial charge in [0.1, 0.15) is 13.2 Å². The van der Waals surface area contributed by atoms with Crippen LogP contribution in [0, 0.1) is 0 Å². The zero-order chi connectivity index (χ0) is 67.5. The molecule has 2 atom stereocenters. The smallest absolute Gasteiger partial charge is 0.306 e. The minimum absolute atomic E-state index is 0.149. The molecule has 0 saturated carbocycles. The lowest BCUT2D eigenvalue weighted by molar-refractivity contribution is -0.870. The molecule has 0 aliphatic rings. The highest BCUT2D eigenvalue weighted by molar-refractivity contribution is 5.70. The Balaban J connectivity index is 3.95. The molecule has 0 spiro atoms. The van der Waals surface area contributed by atoms with E-state index in [-0.39, 0.29) is 32.2 Å². The summed E-state index contributed by atoms with van der Waals surface area (Å²) in [6.45, 7) is 4.70. The third-order valence-electron chi connectivity index (χ3n) is 18.2. The van der Waals surface area contributed by atoms with Crippen LogP contribution < -0.4 is 5.11 Å². The average molecular weight is 1310 g/mol. The number of nitrogens with zero attached hydrogens (tertiary/aromatic N) is 1. The van der Waals surface area contributed by atoms with Gasteiger partial charge in [-0.2, -0.15) is 0 Å². The van der Waals surface area contributed by atoms with Gasteiger partial charge in [0, 0.05) is 12.8 Å². The highest BCUT2D eigenvalue weighted by atomic mass is 16.7. The van der Waals surface area contributed by atoms with Crippen LogP contribution in [0.3, 0.4) is 0 Å². The van der Waals surface area contributed by atoms with E-state index in [0.29, 0.717) is 23.9 Å². The third kappa shape index (κ3) is 76.2. The molecular formula is C84H155NO8. The number of carbonyl (C=O) groups is 3. The maximum absolute atomic E-state index is 13.0. The largest absolute Gasteiger partial charge is 0.545 e. The van der Waals surface area contributed by atoms with Crippen molar-refractivity contribution >= 4 is 17.9 Å². The van der Waals surface area contributed by atoms with E-state index in [1.165, 1.54) is 308 Å². The first-order valence-electron chi connectivity index (χ1n) is 40.4. The first-order valence-corrected chi connectivity index (χ1v) is 40.4. The molecule has 0 N–H and O–H groups in total. The van der Waals surface area contributed by atoms with Gasteiger partial charge in [-0.3, -0.25) is 9.59 Å². The summed E-state index contributed by atoms with van der Waals surface area (Å²) < 4.78 is 22.9. The summed E-state index contributed by atoms with van der Waals surface area (Å²) in [5.74, 6) is -2.26. The van der Waals surface area contributed by atoms with E-state index in [4.69, 9.17) is 18.9 Å². The zero-order valence-electron chi connectivity index (χ0n) is 62.4. The molecule has 0 bridgehead atoms. The molecule has 0 fully saturated rings. The molecule has 0 rings (SSSR count). The summed E-state index contributed by atoms with van der Waals surface area (Å²) in [7, 11) is 5.95. The normalized spacial score (nSPS) is 12.9. The Bertz CT molecular complexity index is 1710. The first kappa shape index (κ1) is 90.0. The molecule has 9 nitrogen and oxygen atoms in total. The highest BCUT2D eigenvalue weighted by Gasteiger charge is 2.22. The number of rotatable bonds is 76. The monoisotopic (exact) mass is 1310 g/mol. The molecule has 0 aliphatic carbocycles. The summed E-state index contributed by atoms with van der Waals surface area (Å²) in [6, 6.07) is 0. The summed E-state index contributed by atoms with van der Waals surface area (Å²) in [5, 5.41) is 11.9. The van der Waals surface area contributed by atoms with Gasteiger partial charge in [0.05, 0.1) is 40.3 Å². The summed E-state index contributed by atoms with van der Waals surface area (Å²) >= 11 is 0. The molecular weight excluding hydrogens is 1150 g/mol. The number of carboxylic acid groups (broad SMARTS) is 1. The van der Waals surface area contributed by atoms with Gasteiger partial charge < -0.3 is 33.3 Å². The molecule has 9 heteroatoms. The molecule has 0 amide bonds. The number of ether oxygens (including phenoxy) is 4. The predicted molar refractivity (Wildman–Crippen MR) is 399 cm³/mol. The van der Waals surface area contributed by atoms with Gasteiger partial charge >= 0.3 is 11.9 Å². The summed E-state index contributed by atoms with van der Waals surface area (Å²) in [4.78, 5) is 37.6. The van der Waals surface area contributed by atoms with Crippen molar-refractivity contribution in [3.63, 3.8) is 0 Å². The number of hydrogen-bond donors (Lipinski definition) is 0. The number of carboxylic acids is 1. The number of unbranched alkanes of at least 4 members (excludes halogenated alkanes) is 51. The Labute approximate surface area is 577 Å². The van der Waals surface area contributed by atoms with E-state index < -0.39 is 24.3 Å². The molecule has 0 aliphatic heterocycles. The van der Waals surface area contributed by atoms with E-state index in [1.54, 1.807) is 0 Å². The van der Waals surface area contributed by atoms with Crippen molar-refractivity contribution in [3.05, 3.63) is 60.8 Å². The van der Waals surface area contributed by atoms with Gasteiger partial charge in [0.15, 0.2) is 12.4 Å². The summed E-state index contributed by atoms with van der Waals surface area (Å²) in [6.07, 6.45) is 96.4. The van der Waals surface area contributed by atoms with E-state index >= 15 is 0 Å². The van der Waals surface area contributed by atoms with Crippen molar-refractivity contribution < 1.29 is 42.9 Å². The van der Waals surface area contributed by atoms with Crippen molar-refractivity contribution in [3.8, 4) is 0 Å². The van der Waals surface area contributed by atoms with Crippen LogP contribution in [0.5, 0.6) is 0 Å². The van der Waals surface area contributed by atoms with E-state index in [2.05, 4.69) is 74.6 Å². The Morgan fingerprint density at radius 1 is 0.333 bits per heavy atom. The Hall–Kier alpha value is -3.01. The maximum Gasteiger partial charge on any atom is 0.306 e. The van der Waals surface area contributed by atoms with Crippen LogP contribution in [0.4, 0.5) is 0 Å². The lowest BCUT2D eigenvalue weighted by atomic mass is 10.0. The molecule has 0 radical (unpaired) electrons. The number of likely N-dealkylation sites (N-methyl/N-ethyl adjacent to an activating group) is 1. The van der Waals surface area contributed by atoms with Crippen LogP contribution in [0.1, 0.15) is 399 Å². The minimum Gasteiger partial charge on any atom is -0.545 e. The van der Waals surface area contributed by atoms with E-state index in [0.717, 1.165) is 57.8 Å². The number of aliphatic carboxylic acids is 1. The second kappa shape index (κ2) is 74.8. The van der Waals surface area contributed by atoms with Crippen molar-refractivity contribution in [1.29, 1.82) is 0 Å². The molecule has 0 saturated heterocycles. The fourth-order valence-electron chi connectivity index (χ4n) is 12.1. The average Bonchev–Trinajstić information content (AvgIpc) is 3.74. The summed E-state index contributed by atoms with van der Waals surface area (Å²) in [5.41, 5.74) is 0. The molecule has 93 heavy (non-hydrogen) atoms. The Morgan fingerprint density at radius 3 is 0.925 bits per heavy atom. The van der Waals surface area contributed by atoms with E-state index in [1.807, 2.05) is 21.1 Å². The molecule has 0 aromatic heterocycles. The van der Waals surface area contributed by atoms with Crippen molar-refractivity contribution in [2.75, 3.05) is 47.5 Å². The number of quaternary nitrogens is 1.